The lowest BCUT2D eigenvalue weighted by atomic mass is 10.1. The summed E-state index contributed by atoms with van der Waals surface area (Å²) in [4.78, 5) is 12.1. The lowest BCUT2D eigenvalue weighted by molar-refractivity contribution is 0.639. The number of nitrogens with one attached hydrogen (secondary N) is 2. The summed E-state index contributed by atoms with van der Waals surface area (Å²) >= 11 is 6.19. The summed E-state index contributed by atoms with van der Waals surface area (Å²) in [6.07, 6.45) is 1.65. The molecular weight excluding hydrogens is 288 g/mol. The van der Waals surface area contributed by atoms with Crippen LogP contribution in [0.3, 0.4) is 0 Å². The van der Waals surface area contributed by atoms with E-state index < -0.39 is 0 Å². The van der Waals surface area contributed by atoms with E-state index in [1.165, 1.54) is 4.68 Å². The first-order valence-corrected chi connectivity index (χ1v) is 7.18. The Labute approximate surface area is 128 Å². The second-order valence-electron chi connectivity index (χ2n) is 4.87. The Bertz CT molecular complexity index is 669. The Balaban J connectivity index is 2.12. The van der Waals surface area contributed by atoms with E-state index in [1.54, 1.807) is 12.3 Å². The number of aromatic nitrogens is 2. The molecule has 0 spiro atoms. The molecule has 1 aromatic carbocycles. The van der Waals surface area contributed by atoms with Gasteiger partial charge in [-0.1, -0.05) is 23.7 Å². The van der Waals surface area contributed by atoms with Gasteiger partial charge in [0.2, 0.25) is 0 Å². The zero-order valence-corrected chi connectivity index (χ0v) is 12.9. The lowest BCUT2D eigenvalue weighted by Gasteiger charge is -2.09. The molecule has 0 aliphatic carbocycles. The van der Waals surface area contributed by atoms with Crippen LogP contribution in [0.5, 0.6) is 0 Å². The first-order chi connectivity index (χ1) is 10.1. The van der Waals surface area contributed by atoms with E-state index in [9.17, 15) is 4.79 Å². The van der Waals surface area contributed by atoms with Gasteiger partial charge in [-0.25, -0.2) is 4.68 Å². The van der Waals surface area contributed by atoms with Crippen LogP contribution in [-0.2, 0) is 6.54 Å². The molecule has 2 rings (SSSR count). The standard InChI is InChI=1S/C15H19ClN4O/c1-11-3-4-12(14(16)7-11)10-20-15(21)8-13(9-19-20)18-6-5-17-2/h3-4,7-9,17-18H,5-6,10H2,1-2H3. The molecule has 0 aliphatic rings. The zero-order chi connectivity index (χ0) is 15.2. The molecule has 6 heteroatoms. The smallest absolute Gasteiger partial charge is 0.269 e. The highest BCUT2D eigenvalue weighted by Crippen LogP contribution is 2.18. The molecule has 0 saturated heterocycles. The number of nitrogens with zero attached hydrogens (tertiary/aromatic N) is 2. The van der Waals surface area contributed by atoms with E-state index in [1.807, 2.05) is 32.2 Å². The molecule has 0 bridgehead atoms. The number of benzene rings is 1. The van der Waals surface area contributed by atoms with Gasteiger partial charge < -0.3 is 10.6 Å². The molecule has 112 valence electrons. The highest BCUT2D eigenvalue weighted by molar-refractivity contribution is 6.31. The Morgan fingerprint density at radius 2 is 2.10 bits per heavy atom. The second-order valence-corrected chi connectivity index (χ2v) is 5.27. The van der Waals surface area contributed by atoms with Crippen molar-refractivity contribution >= 4 is 17.3 Å². The van der Waals surface area contributed by atoms with Crippen LogP contribution in [0.2, 0.25) is 5.02 Å². The highest BCUT2D eigenvalue weighted by Gasteiger charge is 2.05. The van der Waals surface area contributed by atoms with Crippen molar-refractivity contribution in [3.63, 3.8) is 0 Å². The Morgan fingerprint density at radius 1 is 1.29 bits per heavy atom. The van der Waals surface area contributed by atoms with Crippen molar-refractivity contribution in [3.8, 4) is 0 Å². The quantitative estimate of drug-likeness (QED) is 0.800. The lowest BCUT2D eigenvalue weighted by Crippen LogP contribution is -2.24. The Kier molecular flexibility index (Phi) is 5.36. The SMILES string of the molecule is CNCCNc1cnn(Cc2ccc(C)cc2Cl)c(=O)c1. The van der Waals surface area contributed by atoms with Crippen molar-refractivity contribution in [3.05, 3.63) is 57.0 Å². The van der Waals surface area contributed by atoms with Crippen LogP contribution in [0.25, 0.3) is 0 Å². The van der Waals surface area contributed by atoms with Gasteiger partial charge in [0.25, 0.3) is 5.56 Å². The van der Waals surface area contributed by atoms with Crippen molar-refractivity contribution in [1.29, 1.82) is 0 Å². The third-order valence-electron chi connectivity index (χ3n) is 3.10. The van der Waals surface area contributed by atoms with Gasteiger partial charge in [0.05, 0.1) is 18.4 Å². The topological polar surface area (TPSA) is 59.0 Å². The van der Waals surface area contributed by atoms with Crippen molar-refractivity contribution in [2.45, 2.75) is 13.5 Å². The van der Waals surface area contributed by atoms with Crippen molar-refractivity contribution < 1.29 is 0 Å². The minimum Gasteiger partial charge on any atom is -0.382 e. The maximum atomic E-state index is 12.1. The minimum absolute atomic E-state index is 0.152. The van der Waals surface area contributed by atoms with Gasteiger partial charge in [-0.15, -0.1) is 0 Å². The summed E-state index contributed by atoms with van der Waals surface area (Å²) in [7, 11) is 1.88. The first kappa shape index (κ1) is 15.5. The Morgan fingerprint density at radius 3 is 2.76 bits per heavy atom. The van der Waals surface area contributed by atoms with Crippen LogP contribution >= 0.6 is 11.6 Å². The molecular formula is C15H19ClN4O. The van der Waals surface area contributed by atoms with Crippen LogP contribution in [0.15, 0.2) is 35.3 Å². The van der Waals surface area contributed by atoms with Crippen molar-refractivity contribution in [1.82, 2.24) is 15.1 Å². The fourth-order valence-electron chi connectivity index (χ4n) is 1.92. The van der Waals surface area contributed by atoms with Gasteiger partial charge in [0.15, 0.2) is 0 Å². The summed E-state index contributed by atoms with van der Waals surface area (Å²) in [6, 6.07) is 7.32. The predicted molar refractivity (Wildman–Crippen MR) is 86.2 cm³/mol. The van der Waals surface area contributed by atoms with Crippen molar-refractivity contribution in [2.75, 3.05) is 25.5 Å². The Hall–Kier alpha value is -1.85. The largest absolute Gasteiger partial charge is 0.382 e. The summed E-state index contributed by atoms with van der Waals surface area (Å²) < 4.78 is 1.40. The van der Waals surface area contributed by atoms with Gasteiger partial charge in [-0.05, 0) is 31.2 Å². The van der Waals surface area contributed by atoms with E-state index in [-0.39, 0.29) is 5.56 Å². The molecule has 2 N–H and O–H groups in total. The maximum Gasteiger partial charge on any atom is 0.269 e. The normalized spacial score (nSPS) is 10.6. The number of rotatable bonds is 6. The molecule has 0 amide bonds. The fourth-order valence-corrected chi connectivity index (χ4v) is 2.22. The molecule has 0 aliphatic heterocycles. The van der Waals surface area contributed by atoms with Gasteiger partial charge >= 0.3 is 0 Å². The number of hydrogen-bond donors (Lipinski definition) is 2. The molecule has 1 heterocycles. The second kappa shape index (κ2) is 7.24. The van der Waals surface area contributed by atoms with Crippen LogP contribution in [0.4, 0.5) is 5.69 Å². The molecule has 21 heavy (non-hydrogen) atoms. The number of anilines is 1. The summed E-state index contributed by atoms with van der Waals surface area (Å²) in [5, 5.41) is 11.0. The molecule has 0 atom stereocenters. The maximum absolute atomic E-state index is 12.1. The van der Waals surface area contributed by atoms with Crippen LogP contribution < -0.4 is 16.2 Å². The third-order valence-corrected chi connectivity index (χ3v) is 3.45. The van der Waals surface area contributed by atoms with E-state index >= 15 is 0 Å². The summed E-state index contributed by atoms with van der Waals surface area (Å²) in [5.41, 5.74) is 2.54. The van der Waals surface area contributed by atoms with Crippen LogP contribution in [-0.4, -0.2) is 29.9 Å². The van der Waals surface area contributed by atoms with Crippen LogP contribution in [0.1, 0.15) is 11.1 Å². The fraction of sp³-hybridized carbons (Fsp3) is 0.333. The molecule has 5 nitrogen and oxygen atoms in total. The number of aryl methyl sites for hydroxylation is 1. The van der Waals surface area contributed by atoms with Crippen LogP contribution in [0, 0.1) is 6.92 Å². The zero-order valence-electron chi connectivity index (χ0n) is 12.2. The number of halogens is 1. The third kappa shape index (κ3) is 4.31. The minimum atomic E-state index is -0.152. The first-order valence-electron chi connectivity index (χ1n) is 6.81. The molecule has 0 fully saturated rings. The van der Waals surface area contributed by atoms with Gasteiger partial charge in [-0.2, -0.15) is 5.10 Å². The molecule has 0 radical (unpaired) electrons. The molecule has 1 aromatic heterocycles. The number of likely N-dealkylation sites (N-methyl/N-ethyl adjacent to an activating group) is 1. The molecule has 0 unspecified atom stereocenters. The summed E-state index contributed by atoms with van der Waals surface area (Å²) in [6.45, 7) is 3.91. The van der Waals surface area contributed by atoms with E-state index in [0.29, 0.717) is 11.6 Å². The number of hydrogen-bond acceptors (Lipinski definition) is 4. The average molecular weight is 307 g/mol. The monoisotopic (exact) mass is 306 g/mol. The van der Waals surface area contributed by atoms with E-state index in [0.717, 1.165) is 29.9 Å². The van der Waals surface area contributed by atoms with E-state index in [2.05, 4.69) is 15.7 Å². The van der Waals surface area contributed by atoms with E-state index in [4.69, 9.17) is 11.6 Å². The van der Waals surface area contributed by atoms with Gasteiger partial charge in [0.1, 0.15) is 0 Å². The van der Waals surface area contributed by atoms with Crippen molar-refractivity contribution in [2.24, 2.45) is 0 Å². The predicted octanol–water partition coefficient (Wildman–Crippen LogP) is 1.88. The highest BCUT2D eigenvalue weighted by atomic mass is 35.5. The average Bonchev–Trinajstić information content (AvgIpc) is 2.44. The molecule has 0 saturated carbocycles. The van der Waals surface area contributed by atoms with Gasteiger partial charge in [-0.3, -0.25) is 4.79 Å². The van der Waals surface area contributed by atoms with Gasteiger partial charge in [0, 0.05) is 24.2 Å². The molecule has 2 aromatic rings. The summed E-state index contributed by atoms with van der Waals surface area (Å²) in [5.74, 6) is 0.